The van der Waals surface area contributed by atoms with E-state index in [9.17, 15) is 0 Å². The summed E-state index contributed by atoms with van der Waals surface area (Å²) >= 11 is 5.88. The Bertz CT molecular complexity index is 323. The highest BCUT2D eigenvalue weighted by atomic mass is 35.5. The summed E-state index contributed by atoms with van der Waals surface area (Å²) in [4.78, 5) is 0. The maximum absolute atomic E-state index is 9.13. The van der Waals surface area contributed by atoms with Gasteiger partial charge in [-0.2, -0.15) is 0 Å². The minimum Gasteiger partial charge on any atom is -0.393 e. The number of hydrogen-bond donors (Lipinski definition) is 2. The number of nitrogens with one attached hydrogen (secondary N) is 1. The van der Waals surface area contributed by atoms with E-state index in [1.165, 1.54) is 5.56 Å². The van der Waals surface area contributed by atoms with E-state index >= 15 is 0 Å². The zero-order chi connectivity index (χ0) is 10.7. The van der Waals surface area contributed by atoms with Crippen molar-refractivity contribution in [3.8, 4) is 0 Å². The number of hydrogen-bond acceptors (Lipinski definition) is 2. The van der Waals surface area contributed by atoms with Gasteiger partial charge in [0.25, 0.3) is 0 Å². The van der Waals surface area contributed by atoms with Crippen molar-refractivity contribution in [2.24, 2.45) is 5.92 Å². The van der Waals surface area contributed by atoms with E-state index in [0.29, 0.717) is 5.92 Å². The van der Waals surface area contributed by atoms with Crippen LogP contribution < -0.4 is 5.32 Å². The first-order chi connectivity index (χ1) is 7.24. The standard InChI is InChI=1S/C12H16ClNO/c13-11-3-1-2-9(4-11)7-14-8-10-5-12(15)6-10/h1-4,10,12,14-15H,5-8H2. The van der Waals surface area contributed by atoms with Crippen molar-refractivity contribution in [1.29, 1.82) is 0 Å². The first-order valence-electron chi connectivity index (χ1n) is 5.37. The molecule has 82 valence electrons. The van der Waals surface area contributed by atoms with E-state index in [0.717, 1.165) is 31.0 Å². The molecule has 3 heteroatoms. The van der Waals surface area contributed by atoms with Gasteiger partial charge in [0.05, 0.1) is 6.10 Å². The lowest BCUT2D eigenvalue weighted by atomic mass is 9.82. The second-order valence-corrected chi connectivity index (χ2v) is 4.69. The van der Waals surface area contributed by atoms with Gasteiger partial charge in [-0.15, -0.1) is 0 Å². The quantitative estimate of drug-likeness (QED) is 0.824. The van der Waals surface area contributed by atoms with Crippen molar-refractivity contribution in [3.63, 3.8) is 0 Å². The van der Waals surface area contributed by atoms with Gasteiger partial charge in [-0.3, -0.25) is 0 Å². The molecule has 0 saturated heterocycles. The maximum Gasteiger partial charge on any atom is 0.0546 e. The van der Waals surface area contributed by atoms with Gasteiger partial charge in [0.1, 0.15) is 0 Å². The maximum atomic E-state index is 9.13. The third-order valence-corrected chi connectivity index (χ3v) is 3.10. The van der Waals surface area contributed by atoms with Crippen LogP contribution in [0.5, 0.6) is 0 Å². The minimum absolute atomic E-state index is 0.0528. The largest absolute Gasteiger partial charge is 0.393 e. The van der Waals surface area contributed by atoms with Crippen LogP contribution in [0.4, 0.5) is 0 Å². The average molecular weight is 226 g/mol. The Balaban J connectivity index is 1.69. The van der Waals surface area contributed by atoms with Crippen LogP contribution in [0, 0.1) is 5.92 Å². The number of benzene rings is 1. The monoisotopic (exact) mass is 225 g/mol. The summed E-state index contributed by atoms with van der Waals surface area (Å²) in [6, 6.07) is 7.89. The Morgan fingerprint density at radius 1 is 1.40 bits per heavy atom. The molecule has 0 heterocycles. The molecule has 0 aliphatic heterocycles. The van der Waals surface area contributed by atoms with E-state index in [2.05, 4.69) is 11.4 Å². The van der Waals surface area contributed by atoms with Gasteiger partial charge in [-0.25, -0.2) is 0 Å². The van der Waals surface area contributed by atoms with Crippen molar-refractivity contribution in [1.82, 2.24) is 5.32 Å². The third kappa shape index (κ3) is 3.20. The van der Waals surface area contributed by atoms with Gasteiger partial charge < -0.3 is 10.4 Å². The highest BCUT2D eigenvalue weighted by Gasteiger charge is 2.26. The first kappa shape index (κ1) is 10.9. The van der Waals surface area contributed by atoms with Crippen LogP contribution in [-0.2, 0) is 6.54 Å². The molecule has 0 atom stereocenters. The number of halogens is 1. The van der Waals surface area contributed by atoms with Crippen molar-refractivity contribution in [2.45, 2.75) is 25.5 Å². The topological polar surface area (TPSA) is 32.3 Å². The summed E-state index contributed by atoms with van der Waals surface area (Å²) in [5, 5.41) is 13.3. The summed E-state index contributed by atoms with van der Waals surface area (Å²) in [5.74, 6) is 0.652. The molecule has 1 aromatic carbocycles. The van der Waals surface area contributed by atoms with Crippen molar-refractivity contribution in [2.75, 3.05) is 6.54 Å². The molecule has 2 N–H and O–H groups in total. The molecule has 1 aliphatic rings. The lowest BCUT2D eigenvalue weighted by Crippen LogP contribution is -2.35. The highest BCUT2D eigenvalue weighted by molar-refractivity contribution is 6.30. The second kappa shape index (κ2) is 4.97. The molecule has 0 aromatic heterocycles. The fraction of sp³-hybridized carbons (Fsp3) is 0.500. The summed E-state index contributed by atoms with van der Waals surface area (Å²) in [7, 11) is 0. The molecule has 0 unspecified atom stereocenters. The molecule has 1 aliphatic carbocycles. The fourth-order valence-electron chi connectivity index (χ4n) is 1.93. The molecule has 0 bridgehead atoms. The molecule has 1 aromatic rings. The van der Waals surface area contributed by atoms with E-state index in [1.54, 1.807) is 0 Å². The van der Waals surface area contributed by atoms with Crippen molar-refractivity contribution in [3.05, 3.63) is 34.9 Å². The average Bonchev–Trinajstić information content (AvgIpc) is 2.15. The van der Waals surface area contributed by atoms with Gasteiger partial charge in [0.2, 0.25) is 0 Å². The lowest BCUT2D eigenvalue weighted by Gasteiger charge is -2.31. The molecule has 1 saturated carbocycles. The fourth-order valence-corrected chi connectivity index (χ4v) is 2.15. The minimum atomic E-state index is -0.0528. The molecule has 15 heavy (non-hydrogen) atoms. The molecule has 2 nitrogen and oxygen atoms in total. The van der Waals surface area contributed by atoms with Crippen LogP contribution in [0.15, 0.2) is 24.3 Å². The second-order valence-electron chi connectivity index (χ2n) is 4.25. The lowest BCUT2D eigenvalue weighted by molar-refractivity contribution is 0.0430. The van der Waals surface area contributed by atoms with Crippen LogP contribution in [0.2, 0.25) is 5.02 Å². The summed E-state index contributed by atoms with van der Waals surface area (Å²) < 4.78 is 0. The summed E-state index contributed by atoms with van der Waals surface area (Å²) in [6.07, 6.45) is 1.84. The SMILES string of the molecule is OC1CC(CNCc2cccc(Cl)c2)C1. The molecule has 0 spiro atoms. The smallest absolute Gasteiger partial charge is 0.0546 e. The van der Waals surface area contributed by atoms with Gasteiger partial charge in [0, 0.05) is 11.6 Å². The predicted molar refractivity (Wildman–Crippen MR) is 61.9 cm³/mol. The van der Waals surface area contributed by atoms with Crippen LogP contribution in [0.3, 0.4) is 0 Å². The van der Waals surface area contributed by atoms with Gasteiger partial charge in [-0.1, -0.05) is 23.7 Å². The van der Waals surface area contributed by atoms with E-state index in [-0.39, 0.29) is 6.10 Å². The molecule has 2 rings (SSSR count). The van der Waals surface area contributed by atoms with Crippen LogP contribution in [-0.4, -0.2) is 17.8 Å². The van der Waals surface area contributed by atoms with Crippen LogP contribution >= 0.6 is 11.6 Å². The molecular weight excluding hydrogens is 210 g/mol. The number of aliphatic hydroxyl groups excluding tert-OH is 1. The normalized spacial score (nSPS) is 24.9. The Morgan fingerprint density at radius 2 is 2.20 bits per heavy atom. The van der Waals surface area contributed by atoms with Crippen LogP contribution in [0.25, 0.3) is 0 Å². The van der Waals surface area contributed by atoms with Crippen molar-refractivity contribution >= 4 is 11.6 Å². The van der Waals surface area contributed by atoms with E-state index in [1.807, 2.05) is 18.2 Å². The summed E-state index contributed by atoms with van der Waals surface area (Å²) in [6.45, 7) is 1.84. The van der Waals surface area contributed by atoms with Gasteiger partial charge in [0.15, 0.2) is 0 Å². The zero-order valence-corrected chi connectivity index (χ0v) is 9.37. The first-order valence-corrected chi connectivity index (χ1v) is 5.75. The van der Waals surface area contributed by atoms with Gasteiger partial charge in [-0.05, 0) is 43.0 Å². The molecule has 0 amide bonds. The Hall–Kier alpha value is -0.570. The zero-order valence-electron chi connectivity index (χ0n) is 8.62. The third-order valence-electron chi connectivity index (χ3n) is 2.86. The van der Waals surface area contributed by atoms with E-state index in [4.69, 9.17) is 16.7 Å². The molecule has 1 fully saturated rings. The summed E-state index contributed by atoms with van der Waals surface area (Å²) in [5.41, 5.74) is 1.21. The Morgan fingerprint density at radius 3 is 2.87 bits per heavy atom. The number of rotatable bonds is 4. The van der Waals surface area contributed by atoms with Crippen molar-refractivity contribution < 1.29 is 5.11 Å². The Kier molecular flexibility index (Phi) is 3.62. The molecular formula is C12H16ClNO. The Labute approximate surface area is 95.3 Å². The predicted octanol–water partition coefficient (Wildman–Crippen LogP) is 2.20. The van der Waals surface area contributed by atoms with Crippen LogP contribution in [0.1, 0.15) is 18.4 Å². The molecule has 0 radical (unpaired) electrons. The van der Waals surface area contributed by atoms with E-state index < -0.39 is 0 Å². The van der Waals surface area contributed by atoms with Gasteiger partial charge >= 0.3 is 0 Å². The highest BCUT2D eigenvalue weighted by Crippen LogP contribution is 2.26. The number of aliphatic hydroxyl groups is 1.